The number of fused-ring (bicyclic) bond motifs is 5. The minimum Gasteiger partial charge on any atom is -0.310 e. The van der Waals surface area contributed by atoms with Crippen molar-refractivity contribution in [3.63, 3.8) is 0 Å². The van der Waals surface area contributed by atoms with Crippen LogP contribution in [0.2, 0.25) is 0 Å². The first-order chi connectivity index (χ1) is 27.1. The molecule has 10 rings (SSSR count). The number of hydrogen-bond acceptors (Lipinski definition) is 3. The minimum absolute atomic E-state index is 0.0886. The molecule has 1 aromatic heterocycles. The summed E-state index contributed by atoms with van der Waals surface area (Å²) in [6.45, 7) is 13.1. The van der Waals surface area contributed by atoms with Crippen molar-refractivity contribution in [2.24, 2.45) is 0 Å². The second-order valence-electron chi connectivity index (χ2n) is 16.5. The van der Waals surface area contributed by atoms with E-state index in [1.807, 2.05) is 18.2 Å². The van der Waals surface area contributed by atoms with Gasteiger partial charge in [0.05, 0.1) is 39.2 Å². The number of para-hydroxylation sites is 5. The van der Waals surface area contributed by atoms with Gasteiger partial charge in [-0.15, -0.1) is 0 Å². The number of imide groups is 1. The van der Waals surface area contributed by atoms with Crippen molar-refractivity contribution in [3.05, 3.63) is 173 Å². The Morgan fingerprint density at radius 3 is 1.50 bits per heavy atom. The van der Waals surface area contributed by atoms with Crippen LogP contribution in [-0.2, 0) is 5.41 Å². The second kappa shape index (κ2) is 12.3. The van der Waals surface area contributed by atoms with Crippen LogP contribution in [0.1, 0.15) is 96.3 Å². The lowest BCUT2D eigenvalue weighted by atomic mass is 9.73. The molecule has 0 atom stereocenters. The molecule has 2 amide bonds. The van der Waals surface area contributed by atoms with E-state index in [1.165, 1.54) is 16.0 Å². The van der Waals surface area contributed by atoms with Crippen LogP contribution in [-0.4, -0.2) is 16.4 Å². The Morgan fingerprint density at radius 2 is 0.964 bits per heavy atom. The van der Waals surface area contributed by atoms with Crippen LogP contribution in [0, 0.1) is 0 Å². The van der Waals surface area contributed by atoms with Crippen molar-refractivity contribution < 1.29 is 9.59 Å². The highest BCUT2D eigenvalue weighted by Crippen LogP contribution is 2.53. The van der Waals surface area contributed by atoms with Crippen LogP contribution >= 0.6 is 0 Å². The van der Waals surface area contributed by atoms with E-state index in [1.54, 1.807) is 0 Å². The first-order valence-electron chi connectivity index (χ1n) is 19.7. The maximum Gasteiger partial charge on any atom is 0.266 e. The van der Waals surface area contributed by atoms with Gasteiger partial charge in [0, 0.05) is 32.9 Å². The van der Waals surface area contributed by atoms with Gasteiger partial charge in [-0.05, 0) is 88.0 Å². The molecule has 0 N–H and O–H groups in total. The van der Waals surface area contributed by atoms with E-state index in [-0.39, 0.29) is 29.1 Å². The van der Waals surface area contributed by atoms with Crippen LogP contribution in [0.15, 0.2) is 140 Å². The lowest BCUT2D eigenvalue weighted by Gasteiger charge is -2.42. The second-order valence-corrected chi connectivity index (χ2v) is 16.5. The van der Waals surface area contributed by atoms with Crippen LogP contribution in [0.3, 0.4) is 0 Å². The first kappa shape index (κ1) is 34.1. The summed E-state index contributed by atoms with van der Waals surface area (Å²) in [6.07, 6.45) is 0. The third-order valence-electron chi connectivity index (χ3n) is 12.2. The van der Waals surface area contributed by atoms with Gasteiger partial charge in [0.25, 0.3) is 11.8 Å². The van der Waals surface area contributed by atoms with Gasteiger partial charge in [0.1, 0.15) is 0 Å². The van der Waals surface area contributed by atoms with E-state index in [2.05, 4.69) is 172 Å². The number of amides is 2. The maximum atomic E-state index is 15.3. The zero-order valence-electron chi connectivity index (χ0n) is 32.6. The van der Waals surface area contributed by atoms with Crippen molar-refractivity contribution in [2.75, 3.05) is 9.80 Å². The van der Waals surface area contributed by atoms with Crippen LogP contribution < -0.4 is 9.80 Å². The molecule has 0 spiro atoms. The van der Waals surface area contributed by atoms with Crippen LogP contribution in [0.25, 0.3) is 38.3 Å². The zero-order valence-corrected chi connectivity index (χ0v) is 32.6. The molecule has 274 valence electrons. The summed E-state index contributed by atoms with van der Waals surface area (Å²) in [5, 5.41) is 3.82. The molecule has 0 fully saturated rings. The molecule has 0 bridgehead atoms. The fraction of sp³-hybridized carbons (Fsp3) is 0.176. The highest BCUT2D eigenvalue weighted by Gasteiger charge is 2.40. The van der Waals surface area contributed by atoms with E-state index in [4.69, 9.17) is 0 Å². The molecule has 2 aliphatic heterocycles. The molecule has 5 nitrogen and oxygen atoms in total. The number of rotatable bonds is 5. The summed E-state index contributed by atoms with van der Waals surface area (Å²) in [7, 11) is 0. The quantitative estimate of drug-likeness (QED) is 0.166. The van der Waals surface area contributed by atoms with Gasteiger partial charge in [0.15, 0.2) is 0 Å². The predicted molar refractivity (Wildman–Crippen MR) is 231 cm³/mol. The third-order valence-corrected chi connectivity index (χ3v) is 12.2. The number of anilines is 4. The smallest absolute Gasteiger partial charge is 0.266 e. The Hall–Kier alpha value is -6.46. The largest absolute Gasteiger partial charge is 0.310 e. The van der Waals surface area contributed by atoms with Gasteiger partial charge in [0.2, 0.25) is 0 Å². The lowest BCUT2D eigenvalue weighted by molar-refractivity contribution is 0.0892. The van der Waals surface area contributed by atoms with Crippen molar-refractivity contribution in [1.82, 2.24) is 4.57 Å². The van der Waals surface area contributed by atoms with Gasteiger partial charge in [-0.1, -0.05) is 133 Å². The van der Waals surface area contributed by atoms with Crippen molar-refractivity contribution in [3.8, 4) is 5.69 Å². The Bertz CT molecular complexity index is 2840. The van der Waals surface area contributed by atoms with Crippen molar-refractivity contribution >= 4 is 67.1 Å². The first-order valence-corrected chi connectivity index (χ1v) is 19.7. The Kier molecular flexibility index (Phi) is 7.47. The van der Waals surface area contributed by atoms with Gasteiger partial charge in [-0.25, -0.2) is 4.90 Å². The molecule has 8 aromatic rings. The summed E-state index contributed by atoms with van der Waals surface area (Å²) in [4.78, 5) is 34.4. The molecule has 56 heavy (non-hydrogen) atoms. The predicted octanol–water partition coefficient (Wildman–Crippen LogP) is 13.1. The Balaban J connectivity index is 1.31. The van der Waals surface area contributed by atoms with Crippen molar-refractivity contribution in [1.29, 1.82) is 0 Å². The molecule has 0 unspecified atom stereocenters. The summed E-state index contributed by atoms with van der Waals surface area (Å²) < 4.78 is 2.26. The van der Waals surface area contributed by atoms with E-state index in [9.17, 15) is 0 Å². The molecule has 0 radical (unpaired) electrons. The maximum absolute atomic E-state index is 15.3. The molecular formula is C51H43N3O2. The normalized spacial score (nSPS) is 14.7. The monoisotopic (exact) mass is 729 g/mol. The summed E-state index contributed by atoms with van der Waals surface area (Å²) in [5.41, 5.74) is 11.9. The fourth-order valence-electron chi connectivity index (χ4n) is 9.53. The molecule has 2 aliphatic rings. The topological polar surface area (TPSA) is 45.6 Å². The standard InChI is InChI=1S/C51H43N3O2/c1-30(2)35-18-15-19-36(31(3)4)48(35)54-49(55)39-28-33(52-43-22-11-7-16-37(43)38-17-8-12-23-44(38)52)26-32-27-34(29-40(47(32)39)50(54)56)53-45-24-13-9-20-41(45)51(5,6)42-21-10-14-25-46(42)53/h7-31H,1-6H3. The number of nitrogens with zero attached hydrogens (tertiary/aromatic N) is 3. The van der Waals surface area contributed by atoms with Crippen LogP contribution in [0.4, 0.5) is 22.7 Å². The number of carbonyl (C=O) groups is 2. The van der Waals surface area contributed by atoms with Gasteiger partial charge in [-0.2, -0.15) is 0 Å². The van der Waals surface area contributed by atoms with Gasteiger partial charge in [-0.3, -0.25) is 9.59 Å². The number of carbonyl (C=O) groups excluding carboxylic acids is 2. The average molecular weight is 730 g/mol. The molecule has 5 heteroatoms. The zero-order chi connectivity index (χ0) is 38.6. The summed E-state index contributed by atoms with van der Waals surface area (Å²) >= 11 is 0. The van der Waals surface area contributed by atoms with E-state index >= 15 is 9.59 Å². The van der Waals surface area contributed by atoms with Gasteiger partial charge >= 0.3 is 0 Å². The summed E-state index contributed by atoms with van der Waals surface area (Å²) in [5.74, 6) is -0.419. The number of hydrogen-bond donors (Lipinski definition) is 0. The molecule has 7 aromatic carbocycles. The number of benzene rings is 7. The fourth-order valence-corrected chi connectivity index (χ4v) is 9.53. The van der Waals surface area contributed by atoms with Crippen LogP contribution in [0.5, 0.6) is 0 Å². The van der Waals surface area contributed by atoms with Gasteiger partial charge < -0.3 is 9.47 Å². The van der Waals surface area contributed by atoms with E-state index in [0.717, 1.165) is 61.1 Å². The highest BCUT2D eigenvalue weighted by atomic mass is 16.2. The average Bonchev–Trinajstić information content (AvgIpc) is 3.54. The van der Waals surface area contributed by atoms with E-state index in [0.29, 0.717) is 22.2 Å². The molecule has 3 heterocycles. The highest BCUT2D eigenvalue weighted by molar-refractivity contribution is 6.37. The Labute approximate surface area is 327 Å². The summed E-state index contributed by atoms with van der Waals surface area (Å²) in [6, 6.07) is 48.5. The molecule has 0 aliphatic carbocycles. The van der Waals surface area contributed by atoms with Crippen molar-refractivity contribution in [2.45, 2.75) is 58.8 Å². The molecule has 0 saturated carbocycles. The third kappa shape index (κ3) is 4.73. The minimum atomic E-state index is -0.298. The van der Waals surface area contributed by atoms with E-state index < -0.39 is 0 Å². The number of aromatic nitrogens is 1. The molecular weight excluding hydrogens is 687 g/mol. The molecule has 0 saturated heterocycles. The SMILES string of the molecule is CC(C)c1cccc(C(C)C)c1N1C(=O)c2cc(N3c4ccccc4C(C)(C)c4ccccc43)cc3cc(-n4c5ccccc5c5ccccc54)cc(c23)C1=O. The Morgan fingerprint density at radius 1 is 0.500 bits per heavy atom. The lowest BCUT2D eigenvalue weighted by Crippen LogP contribution is -2.42.